The summed E-state index contributed by atoms with van der Waals surface area (Å²) in [6.45, 7) is 12.5. The van der Waals surface area contributed by atoms with E-state index in [9.17, 15) is 4.79 Å². The van der Waals surface area contributed by atoms with Crippen LogP contribution < -0.4 is 4.90 Å². The van der Waals surface area contributed by atoms with Crippen molar-refractivity contribution >= 4 is 12.0 Å². The summed E-state index contributed by atoms with van der Waals surface area (Å²) in [5.74, 6) is 1.14. The van der Waals surface area contributed by atoms with Gasteiger partial charge in [-0.2, -0.15) is 0 Å². The third-order valence-electron chi connectivity index (χ3n) is 4.09. The summed E-state index contributed by atoms with van der Waals surface area (Å²) in [4.78, 5) is 13.5. The van der Waals surface area contributed by atoms with E-state index >= 15 is 0 Å². The van der Waals surface area contributed by atoms with Gasteiger partial charge in [0.1, 0.15) is 6.29 Å². The van der Waals surface area contributed by atoms with Crippen molar-refractivity contribution in [3.05, 3.63) is 29.3 Å². The maximum atomic E-state index is 11.0. The summed E-state index contributed by atoms with van der Waals surface area (Å²) in [6.07, 6.45) is 2.08. The number of hydrogen-bond donors (Lipinski definition) is 0. The summed E-state index contributed by atoms with van der Waals surface area (Å²) in [5.41, 5.74) is 3.60. The largest absolute Gasteiger partial charge is 0.366 e. The Morgan fingerprint density at radius 3 is 2.68 bits per heavy atom. The Hall–Kier alpha value is -1.31. The Morgan fingerprint density at radius 1 is 1.42 bits per heavy atom. The predicted molar refractivity (Wildman–Crippen MR) is 81.1 cm³/mol. The Kier molecular flexibility index (Phi) is 3.71. The molecule has 0 amide bonds. The maximum absolute atomic E-state index is 11.0. The van der Waals surface area contributed by atoms with Gasteiger partial charge in [-0.15, -0.1) is 0 Å². The Labute approximate surface area is 116 Å². The fourth-order valence-corrected chi connectivity index (χ4v) is 3.29. The van der Waals surface area contributed by atoms with Crippen molar-refractivity contribution in [1.82, 2.24) is 0 Å². The molecule has 19 heavy (non-hydrogen) atoms. The molecule has 1 aliphatic heterocycles. The molecule has 0 unspecified atom stereocenters. The van der Waals surface area contributed by atoms with Crippen LogP contribution in [0, 0.1) is 5.92 Å². The lowest BCUT2D eigenvalue weighted by Crippen LogP contribution is -2.49. The summed E-state index contributed by atoms with van der Waals surface area (Å²) >= 11 is 0. The van der Waals surface area contributed by atoms with Crippen LogP contribution in [0.15, 0.2) is 18.2 Å². The highest BCUT2D eigenvalue weighted by molar-refractivity contribution is 5.77. The molecular weight excluding hydrogens is 234 g/mol. The van der Waals surface area contributed by atoms with E-state index in [0.717, 1.165) is 24.8 Å². The normalized spacial score (nSPS) is 21.4. The predicted octanol–water partition coefficient (Wildman–Crippen LogP) is 4.25. The molecule has 0 saturated carbocycles. The van der Waals surface area contributed by atoms with Gasteiger partial charge in [0, 0.05) is 23.3 Å². The van der Waals surface area contributed by atoms with Crippen LogP contribution in [-0.2, 0) is 0 Å². The fourth-order valence-electron chi connectivity index (χ4n) is 3.29. The lowest BCUT2D eigenvalue weighted by molar-refractivity contribution is 0.112. The van der Waals surface area contributed by atoms with Gasteiger partial charge in [0.15, 0.2) is 0 Å². The first-order chi connectivity index (χ1) is 8.85. The van der Waals surface area contributed by atoms with Gasteiger partial charge in [-0.1, -0.05) is 20.8 Å². The molecule has 104 valence electrons. The van der Waals surface area contributed by atoms with Crippen LogP contribution in [0.5, 0.6) is 0 Å². The van der Waals surface area contributed by atoms with Gasteiger partial charge in [0.2, 0.25) is 0 Å². The van der Waals surface area contributed by atoms with Gasteiger partial charge in [-0.25, -0.2) is 0 Å². The lowest BCUT2D eigenvalue weighted by atomic mass is 9.79. The second kappa shape index (κ2) is 4.99. The first-order valence-electron chi connectivity index (χ1n) is 7.22. The smallest absolute Gasteiger partial charge is 0.150 e. The van der Waals surface area contributed by atoms with Crippen LogP contribution in [0.2, 0.25) is 0 Å². The molecule has 1 heterocycles. The van der Waals surface area contributed by atoms with Crippen molar-refractivity contribution in [1.29, 1.82) is 0 Å². The second-order valence-electron chi connectivity index (χ2n) is 6.86. The van der Waals surface area contributed by atoms with Crippen LogP contribution in [-0.4, -0.2) is 18.4 Å². The molecule has 0 radical (unpaired) electrons. The standard InChI is InChI=1S/C17H25NO/c1-12(2)10-18-16-7-6-14(11-19)8-15(16)13(3)9-17(18,4)5/h6-8,11-13H,9-10H2,1-5H3/t13-/m0/s1. The van der Waals surface area contributed by atoms with Gasteiger partial charge < -0.3 is 4.90 Å². The van der Waals surface area contributed by atoms with Gasteiger partial charge >= 0.3 is 0 Å². The number of nitrogens with zero attached hydrogens (tertiary/aromatic N) is 1. The summed E-state index contributed by atoms with van der Waals surface area (Å²) in [5, 5.41) is 0. The summed E-state index contributed by atoms with van der Waals surface area (Å²) in [6, 6.07) is 6.13. The number of carbonyl (C=O) groups is 1. The topological polar surface area (TPSA) is 20.3 Å². The van der Waals surface area contributed by atoms with Crippen LogP contribution in [0.25, 0.3) is 0 Å². The number of benzene rings is 1. The quantitative estimate of drug-likeness (QED) is 0.756. The Balaban J connectivity index is 2.49. The third kappa shape index (κ3) is 2.68. The first-order valence-corrected chi connectivity index (χ1v) is 7.22. The fraction of sp³-hybridized carbons (Fsp3) is 0.588. The molecule has 1 aromatic rings. The molecule has 0 aliphatic carbocycles. The van der Waals surface area contributed by atoms with Crippen LogP contribution in [0.4, 0.5) is 5.69 Å². The average Bonchev–Trinajstić information content (AvgIpc) is 2.33. The minimum atomic E-state index is 0.180. The van der Waals surface area contributed by atoms with E-state index in [1.165, 1.54) is 11.3 Å². The van der Waals surface area contributed by atoms with Gasteiger partial charge in [0.25, 0.3) is 0 Å². The van der Waals surface area contributed by atoms with Crippen molar-refractivity contribution in [2.45, 2.75) is 52.5 Å². The van der Waals surface area contributed by atoms with E-state index in [0.29, 0.717) is 11.8 Å². The number of rotatable bonds is 3. The zero-order valence-corrected chi connectivity index (χ0v) is 12.7. The average molecular weight is 259 g/mol. The molecule has 1 aromatic carbocycles. The molecule has 2 heteroatoms. The van der Waals surface area contributed by atoms with Crippen molar-refractivity contribution in [2.75, 3.05) is 11.4 Å². The lowest BCUT2D eigenvalue weighted by Gasteiger charge is -2.48. The van der Waals surface area contributed by atoms with E-state index in [4.69, 9.17) is 0 Å². The minimum absolute atomic E-state index is 0.180. The molecule has 0 fully saturated rings. The maximum Gasteiger partial charge on any atom is 0.150 e. The van der Waals surface area contributed by atoms with Crippen LogP contribution >= 0.6 is 0 Å². The highest BCUT2D eigenvalue weighted by Gasteiger charge is 2.36. The minimum Gasteiger partial charge on any atom is -0.366 e. The zero-order chi connectivity index (χ0) is 14.2. The molecular formula is C17H25NO. The van der Waals surface area contributed by atoms with Gasteiger partial charge in [-0.05, 0) is 55.9 Å². The Morgan fingerprint density at radius 2 is 2.11 bits per heavy atom. The molecule has 1 atom stereocenters. The highest BCUT2D eigenvalue weighted by atomic mass is 16.1. The third-order valence-corrected chi connectivity index (χ3v) is 4.09. The van der Waals surface area contributed by atoms with E-state index in [2.05, 4.69) is 51.7 Å². The summed E-state index contributed by atoms with van der Waals surface area (Å²) < 4.78 is 0. The van der Waals surface area contributed by atoms with Gasteiger partial charge in [-0.3, -0.25) is 4.79 Å². The van der Waals surface area contributed by atoms with E-state index in [1.54, 1.807) is 0 Å². The number of fused-ring (bicyclic) bond motifs is 1. The molecule has 0 bridgehead atoms. The molecule has 2 rings (SSSR count). The number of aldehydes is 1. The van der Waals surface area contributed by atoms with Crippen molar-refractivity contribution < 1.29 is 4.79 Å². The van der Waals surface area contributed by atoms with E-state index in [-0.39, 0.29) is 5.54 Å². The molecule has 0 saturated heterocycles. The second-order valence-corrected chi connectivity index (χ2v) is 6.86. The van der Waals surface area contributed by atoms with Crippen molar-refractivity contribution in [2.24, 2.45) is 5.92 Å². The SMILES string of the molecule is CC(C)CN1c2ccc(C=O)cc2[C@@H](C)CC1(C)C. The number of carbonyl (C=O) groups excluding carboxylic acids is 1. The molecule has 0 spiro atoms. The van der Waals surface area contributed by atoms with Crippen LogP contribution in [0.1, 0.15) is 62.9 Å². The van der Waals surface area contributed by atoms with Crippen molar-refractivity contribution in [3.8, 4) is 0 Å². The number of anilines is 1. The van der Waals surface area contributed by atoms with E-state index in [1.807, 2.05) is 6.07 Å². The van der Waals surface area contributed by atoms with Crippen molar-refractivity contribution in [3.63, 3.8) is 0 Å². The Bertz CT molecular complexity index is 476. The molecule has 0 aromatic heterocycles. The monoisotopic (exact) mass is 259 g/mol. The number of hydrogen-bond acceptors (Lipinski definition) is 2. The highest BCUT2D eigenvalue weighted by Crippen LogP contribution is 2.43. The van der Waals surface area contributed by atoms with E-state index < -0.39 is 0 Å². The summed E-state index contributed by atoms with van der Waals surface area (Å²) in [7, 11) is 0. The molecule has 2 nitrogen and oxygen atoms in total. The first kappa shape index (κ1) is 14.1. The van der Waals surface area contributed by atoms with Gasteiger partial charge in [0.05, 0.1) is 0 Å². The molecule has 0 N–H and O–H groups in total. The van der Waals surface area contributed by atoms with Crippen LogP contribution in [0.3, 0.4) is 0 Å². The molecule has 1 aliphatic rings. The zero-order valence-electron chi connectivity index (χ0n) is 12.7.